The molecule has 0 aliphatic heterocycles. The first-order valence-corrected chi connectivity index (χ1v) is 5.40. The SMILES string of the molecule is COc1cc(/C=C\c2ccccc2)ccc1O. The van der Waals surface area contributed by atoms with Gasteiger partial charge in [-0.05, 0) is 23.3 Å². The van der Waals surface area contributed by atoms with E-state index in [1.807, 2.05) is 48.6 Å². The molecular formula is C15H14O2. The summed E-state index contributed by atoms with van der Waals surface area (Å²) in [7, 11) is 1.54. The monoisotopic (exact) mass is 226 g/mol. The molecule has 17 heavy (non-hydrogen) atoms. The number of phenolic OH excluding ortho intramolecular Hbond substituents is 1. The molecule has 0 atom stereocenters. The molecule has 0 aliphatic rings. The zero-order valence-corrected chi connectivity index (χ0v) is 9.63. The van der Waals surface area contributed by atoms with Gasteiger partial charge in [0.15, 0.2) is 11.5 Å². The Bertz CT molecular complexity index is 516. The first-order valence-electron chi connectivity index (χ1n) is 5.40. The minimum absolute atomic E-state index is 0.157. The number of hydrogen-bond donors (Lipinski definition) is 1. The fourth-order valence-corrected chi connectivity index (χ4v) is 1.55. The average molecular weight is 226 g/mol. The Labute approximate surface area is 101 Å². The van der Waals surface area contributed by atoms with E-state index in [4.69, 9.17) is 4.74 Å². The van der Waals surface area contributed by atoms with E-state index in [1.54, 1.807) is 19.2 Å². The van der Waals surface area contributed by atoms with Crippen LogP contribution in [0.2, 0.25) is 0 Å². The normalized spacial score (nSPS) is 10.6. The maximum atomic E-state index is 9.47. The Morgan fingerprint density at radius 3 is 2.35 bits per heavy atom. The van der Waals surface area contributed by atoms with E-state index in [0.717, 1.165) is 11.1 Å². The van der Waals surface area contributed by atoms with Crippen LogP contribution in [0, 0.1) is 0 Å². The van der Waals surface area contributed by atoms with Gasteiger partial charge in [0.05, 0.1) is 7.11 Å². The van der Waals surface area contributed by atoms with Crippen LogP contribution in [-0.4, -0.2) is 12.2 Å². The molecule has 0 radical (unpaired) electrons. The van der Waals surface area contributed by atoms with Crippen molar-refractivity contribution in [2.45, 2.75) is 0 Å². The first kappa shape index (κ1) is 11.3. The molecule has 2 aromatic carbocycles. The van der Waals surface area contributed by atoms with Gasteiger partial charge in [-0.1, -0.05) is 48.6 Å². The lowest BCUT2D eigenvalue weighted by Gasteiger charge is -2.03. The van der Waals surface area contributed by atoms with Crippen molar-refractivity contribution in [3.05, 3.63) is 59.7 Å². The molecule has 0 spiro atoms. The van der Waals surface area contributed by atoms with Crippen LogP contribution < -0.4 is 4.74 Å². The predicted molar refractivity (Wildman–Crippen MR) is 70.0 cm³/mol. The molecule has 0 unspecified atom stereocenters. The van der Waals surface area contributed by atoms with Crippen molar-refractivity contribution in [2.75, 3.05) is 7.11 Å². The summed E-state index contributed by atoms with van der Waals surface area (Å²) in [6, 6.07) is 15.3. The summed E-state index contributed by atoms with van der Waals surface area (Å²) in [4.78, 5) is 0. The molecule has 2 rings (SSSR count). The van der Waals surface area contributed by atoms with Crippen LogP contribution in [0.15, 0.2) is 48.5 Å². The summed E-state index contributed by atoms with van der Waals surface area (Å²) >= 11 is 0. The Balaban J connectivity index is 2.22. The molecule has 0 amide bonds. The number of hydrogen-bond acceptors (Lipinski definition) is 2. The Morgan fingerprint density at radius 1 is 0.941 bits per heavy atom. The average Bonchev–Trinajstić information content (AvgIpc) is 2.39. The molecule has 86 valence electrons. The van der Waals surface area contributed by atoms with Crippen molar-refractivity contribution >= 4 is 12.2 Å². The highest BCUT2D eigenvalue weighted by atomic mass is 16.5. The topological polar surface area (TPSA) is 29.5 Å². The molecule has 0 saturated heterocycles. The Hall–Kier alpha value is -2.22. The van der Waals surface area contributed by atoms with Crippen molar-refractivity contribution in [2.24, 2.45) is 0 Å². The second kappa shape index (κ2) is 5.21. The summed E-state index contributed by atoms with van der Waals surface area (Å²) < 4.78 is 5.05. The zero-order chi connectivity index (χ0) is 12.1. The number of aromatic hydroxyl groups is 1. The van der Waals surface area contributed by atoms with E-state index >= 15 is 0 Å². The van der Waals surface area contributed by atoms with Gasteiger partial charge in [0.2, 0.25) is 0 Å². The van der Waals surface area contributed by atoms with Gasteiger partial charge in [0.25, 0.3) is 0 Å². The molecule has 0 saturated carbocycles. The molecule has 0 fully saturated rings. The molecule has 0 aliphatic carbocycles. The molecule has 2 aromatic rings. The highest BCUT2D eigenvalue weighted by Crippen LogP contribution is 2.26. The van der Waals surface area contributed by atoms with Crippen LogP contribution in [0.1, 0.15) is 11.1 Å². The fraction of sp³-hybridized carbons (Fsp3) is 0.0667. The van der Waals surface area contributed by atoms with Gasteiger partial charge in [-0.3, -0.25) is 0 Å². The lowest BCUT2D eigenvalue weighted by atomic mass is 10.1. The van der Waals surface area contributed by atoms with E-state index < -0.39 is 0 Å². The summed E-state index contributed by atoms with van der Waals surface area (Å²) in [5.41, 5.74) is 2.13. The van der Waals surface area contributed by atoms with E-state index in [2.05, 4.69) is 0 Å². The van der Waals surface area contributed by atoms with Gasteiger partial charge < -0.3 is 9.84 Å². The second-order valence-electron chi connectivity index (χ2n) is 3.68. The Kier molecular flexibility index (Phi) is 3.46. The van der Waals surface area contributed by atoms with Gasteiger partial charge in [-0.25, -0.2) is 0 Å². The lowest BCUT2D eigenvalue weighted by Crippen LogP contribution is -1.84. The fourth-order valence-electron chi connectivity index (χ4n) is 1.55. The van der Waals surface area contributed by atoms with Gasteiger partial charge in [-0.2, -0.15) is 0 Å². The van der Waals surface area contributed by atoms with Crippen LogP contribution in [0.5, 0.6) is 11.5 Å². The molecular weight excluding hydrogens is 212 g/mol. The summed E-state index contributed by atoms with van der Waals surface area (Å²) in [6.07, 6.45) is 4.00. The second-order valence-corrected chi connectivity index (χ2v) is 3.68. The van der Waals surface area contributed by atoms with E-state index in [0.29, 0.717) is 5.75 Å². The van der Waals surface area contributed by atoms with Gasteiger partial charge in [0.1, 0.15) is 0 Å². The molecule has 1 N–H and O–H groups in total. The van der Waals surface area contributed by atoms with Crippen molar-refractivity contribution in [1.82, 2.24) is 0 Å². The Morgan fingerprint density at radius 2 is 1.65 bits per heavy atom. The van der Waals surface area contributed by atoms with Crippen LogP contribution >= 0.6 is 0 Å². The standard InChI is InChI=1S/C15H14O2/c1-17-15-11-13(9-10-14(15)16)8-7-12-5-3-2-4-6-12/h2-11,16H,1H3/b8-7-. The quantitative estimate of drug-likeness (QED) is 0.811. The molecule has 2 nitrogen and oxygen atoms in total. The maximum Gasteiger partial charge on any atom is 0.161 e. The van der Waals surface area contributed by atoms with Crippen molar-refractivity contribution in [1.29, 1.82) is 0 Å². The number of benzene rings is 2. The highest BCUT2D eigenvalue weighted by molar-refractivity contribution is 5.70. The van der Waals surface area contributed by atoms with Crippen molar-refractivity contribution < 1.29 is 9.84 Å². The highest BCUT2D eigenvalue weighted by Gasteiger charge is 1.99. The van der Waals surface area contributed by atoms with Crippen molar-refractivity contribution in [3.8, 4) is 11.5 Å². The van der Waals surface area contributed by atoms with E-state index in [-0.39, 0.29) is 5.75 Å². The van der Waals surface area contributed by atoms with Gasteiger partial charge in [-0.15, -0.1) is 0 Å². The first-order chi connectivity index (χ1) is 8.29. The number of ether oxygens (including phenoxy) is 1. The van der Waals surface area contributed by atoms with Gasteiger partial charge >= 0.3 is 0 Å². The summed E-state index contributed by atoms with van der Waals surface area (Å²) in [6.45, 7) is 0. The molecule has 0 bridgehead atoms. The third kappa shape index (κ3) is 2.88. The zero-order valence-electron chi connectivity index (χ0n) is 9.63. The third-order valence-electron chi connectivity index (χ3n) is 2.47. The van der Waals surface area contributed by atoms with Crippen LogP contribution in [0.4, 0.5) is 0 Å². The summed E-state index contributed by atoms with van der Waals surface area (Å²) in [5.74, 6) is 0.643. The summed E-state index contributed by atoms with van der Waals surface area (Å²) in [5, 5.41) is 9.47. The third-order valence-corrected chi connectivity index (χ3v) is 2.47. The maximum absolute atomic E-state index is 9.47. The lowest BCUT2D eigenvalue weighted by molar-refractivity contribution is 0.373. The minimum atomic E-state index is 0.157. The predicted octanol–water partition coefficient (Wildman–Crippen LogP) is 3.57. The van der Waals surface area contributed by atoms with Crippen LogP contribution in [0.3, 0.4) is 0 Å². The van der Waals surface area contributed by atoms with Crippen molar-refractivity contribution in [3.63, 3.8) is 0 Å². The molecule has 2 heteroatoms. The van der Waals surface area contributed by atoms with E-state index in [1.165, 1.54) is 0 Å². The van der Waals surface area contributed by atoms with Crippen LogP contribution in [-0.2, 0) is 0 Å². The van der Waals surface area contributed by atoms with Gasteiger partial charge in [0, 0.05) is 0 Å². The number of methoxy groups -OCH3 is 1. The largest absolute Gasteiger partial charge is 0.504 e. The molecule has 0 heterocycles. The number of phenols is 1. The van der Waals surface area contributed by atoms with E-state index in [9.17, 15) is 5.11 Å². The number of rotatable bonds is 3. The molecule has 0 aromatic heterocycles. The smallest absolute Gasteiger partial charge is 0.161 e. The van der Waals surface area contributed by atoms with Crippen LogP contribution in [0.25, 0.3) is 12.2 Å². The minimum Gasteiger partial charge on any atom is -0.504 e.